The number of hydrogen-bond acceptors (Lipinski definition) is 4. The minimum atomic E-state index is -4.10. The van der Waals surface area contributed by atoms with Crippen LogP contribution in [0.2, 0.25) is 0 Å². The molecule has 1 aromatic rings. The summed E-state index contributed by atoms with van der Waals surface area (Å²) in [4.78, 5) is 11.5. The number of rotatable bonds is 6. The molecular weight excluding hydrogens is 321 g/mol. The van der Waals surface area contributed by atoms with Gasteiger partial charge in [0.1, 0.15) is 16.8 Å². The second-order valence-electron chi connectivity index (χ2n) is 5.91. The third-order valence-electron chi connectivity index (χ3n) is 4.00. The van der Waals surface area contributed by atoms with Crippen LogP contribution in [0.3, 0.4) is 0 Å². The van der Waals surface area contributed by atoms with Gasteiger partial charge in [0.15, 0.2) is 0 Å². The maximum absolute atomic E-state index is 13.6. The number of esters is 1. The van der Waals surface area contributed by atoms with Crippen LogP contribution < -0.4 is 4.72 Å². The van der Waals surface area contributed by atoms with Crippen LogP contribution in [-0.2, 0) is 19.6 Å². The van der Waals surface area contributed by atoms with E-state index in [1.54, 1.807) is 0 Å². The van der Waals surface area contributed by atoms with Gasteiger partial charge >= 0.3 is 5.97 Å². The van der Waals surface area contributed by atoms with Crippen LogP contribution in [0.1, 0.15) is 39.0 Å². The summed E-state index contributed by atoms with van der Waals surface area (Å²) in [6, 6.07) is 3.96. The van der Waals surface area contributed by atoms with E-state index in [0.717, 1.165) is 37.8 Å². The van der Waals surface area contributed by atoms with Crippen molar-refractivity contribution in [2.75, 3.05) is 6.61 Å². The van der Waals surface area contributed by atoms with E-state index >= 15 is 0 Å². The molecule has 7 heteroatoms. The summed E-state index contributed by atoms with van der Waals surface area (Å²) in [6.07, 6.45) is 5.55. The highest BCUT2D eigenvalue weighted by Gasteiger charge is 2.26. The maximum atomic E-state index is 13.6. The van der Waals surface area contributed by atoms with Gasteiger partial charge in [0.05, 0.1) is 6.61 Å². The van der Waals surface area contributed by atoms with Gasteiger partial charge in [0, 0.05) is 0 Å². The Balaban J connectivity index is 1.91. The van der Waals surface area contributed by atoms with E-state index < -0.39 is 32.7 Å². The molecule has 1 aromatic carbocycles. The van der Waals surface area contributed by atoms with Gasteiger partial charge in [-0.25, -0.2) is 12.8 Å². The first-order valence-electron chi connectivity index (χ1n) is 7.83. The van der Waals surface area contributed by atoms with Gasteiger partial charge in [-0.05, 0) is 37.8 Å². The van der Waals surface area contributed by atoms with E-state index in [4.69, 9.17) is 4.74 Å². The topological polar surface area (TPSA) is 72.5 Å². The molecule has 0 amide bonds. The second kappa shape index (κ2) is 7.88. The van der Waals surface area contributed by atoms with Crippen molar-refractivity contribution in [1.29, 1.82) is 0 Å². The molecule has 23 heavy (non-hydrogen) atoms. The molecule has 0 bridgehead atoms. The van der Waals surface area contributed by atoms with E-state index in [1.165, 1.54) is 25.5 Å². The van der Waals surface area contributed by atoms with Crippen molar-refractivity contribution in [3.63, 3.8) is 0 Å². The van der Waals surface area contributed by atoms with E-state index in [1.807, 2.05) is 0 Å². The summed E-state index contributed by atoms with van der Waals surface area (Å²) in [7, 11) is -4.10. The highest BCUT2D eigenvalue weighted by Crippen LogP contribution is 2.23. The van der Waals surface area contributed by atoms with Gasteiger partial charge in [-0.3, -0.25) is 4.79 Å². The van der Waals surface area contributed by atoms with Crippen molar-refractivity contribution in [1.82, 2.24) is 4.72 Å². The van der Waals surface area contributed by atoms with Gasteiger partial charge < -0.3 is 4.74 Å². The van der Waals surface area contributed by atoms with Gasteiger partial charge in [0.25, 0.3) is 0 Å². The van der Waals surface area contributed by atoms with E-state index in [-0.39, 0.29) is 0 Å². The second-order valence-corrected chi connectivity index (χ2v) is 7.59. The number of sulfonamides is 1. The minimum Gasteiger partial charge on any atom is -0.464 e. The number of benzene rings is 1. The van der Waals surface area contributed by atoms with Crippen LogP contribution in [0.4, 0.5) is 4.39 Å². The fourth-order valence-electron chi connectivity index (χ4n) is 2.69. The molecule has 1 atom stereocenters. The van der Waals surface area contributed by atoms with Crippen LogP contribution in [0.25, 0.3) is 0 Å². The first-order valence-corrected chi connectivity index (χ1v) is 9.32. The Morgan fingerprint density at radius 1 is 1.30 bits per heavy atom. The fraction of sp³-hybridized carbons (Fsp3) is 0.562. The van der Waals surface area contributed by atoms with Gasteiger partial charge in [-0.1, -0.05) is 31.4 Å². The van der Waals surface area contributed by atoms with Crippen molar-refractivity contribution >= 4 is 16.0 Å². The monoisotopic (exact) mass is 343 g/mol. The van der Waals surface area contributed by atoms with E-state index in [0.29, 0.717) is 12.5 Å². The van der Waals surface area contributed by atoms with Crippen LogP contribution in [0.5, 0.6) is 0 Å². The molecule has 2 rings (SSSR count). The number of carbonyl (C=O) groups is 1. The lowest BCUT2D eigenvalue weighted by Crippen LogP contribution is -2.40. The standard InChI is InChI=1S/C16H22FNO4S/c1-12(16(19)22-11-13-7-3-2-4-8-13)18-23(20,21)15-10-6-5-9-14(15)17/h5-6,9-10,12-13,18H,2-4,7-8,11H2,1H3. The molecule has 0 aliphatic heterocycles. The molecule has 1 aliphatic carbocycles. The zero-order chi connectivity index (χ0) is 16.9. The van der Waals surface area contributed by atoms with Crippen LogP contribution >= 0.6 is 0 Å². The third kappa shape index (κ3) is 5.00. The SMILES string of the molecule is CC(NS(=O)(=O)c1ccccc1F)C(=O)OCC1CCCCC1. The molecule has 0 aromatic heterocycles. The van der Waals surface area contributed by atoms with Crippen molar-refractivity contribution in [3.8, 4) is 0 Å². The molecule has 0 spiro atoms. The summed E-state index contributed by atoms with van der Waals surface area (Å²) in [5.74, 6) is -1.15. The zero-order valence-electron chi connectivity index (χ0n) is 13.1. The first kappa shape index (κ1) is 17.9. The highest BCUT2D eigenvalue weighted by atomic mass is 32.2. The smallest absolute Gasteiger partial charge is 0.323 e. The Kier molecular flexibility index (Phi) is 6.12. The molecule has 128 valence electrons. The molecule has 1 unspecified atom stereocenters. The summed E-state index contributed by atoms with van der Waals surface area (Å²) >= 11 is 0. The predicted molar refractivity (Wildman–Crippen MR) is 83.7 cm³/mol. The van der Waals surface area contributed by atoms with Gasteiger partial charge in [0.2, 0.25) is 10.0 Å². The maximum Gasteiger partial charge on any atom is 0.323 e. The summed E-state index contributed by atoms with van der Waals surface area (Å²) in [5.41, 5.74) is 0. The number of ether oxygens (including phenoxy) is 1. The van der Waals surface area contributed by atoms with E-state index in [2.05, 4.69) is 4.72 Å². The normalized spacial score (nSPS) is 17.7. The summed E-state index contributed by atoms with van der Waals surface area (Å²) in [6.45, 7) is 1.70. The quantitative estimate of drug-likeness (QED) is 0.806. The van der Waals surface area contributed by atoms with Crippen molar-refractivity contribution in [2.45, 2.75) is 50.0 Å². The number of halogens is 1. The predicted octanol–water partition coefficient (Wildman–Crippen LogP) is 2.62. The van der Waals surface area contributed by atoms with Crippen molar-refractivity contribution in [3.05, 3.63) is 30.1 Å². The fourth-order valence-corrected chi connectivity index (χ4v) is 3.96. The minimum absolute atomic E-state index is 0.310. The Bertz CT molecular complexity index is 641. The molecule has 1 saturated carbocycles. The Labute approximate surface area is 136 Å². The van der Waals surface area contributed by atoms with Crippen LogP contribution in [0.15, 0.2) is 29.2 Å². The molecule has 1 fully saturated rings. The van der Waals surface area contributed by atoms with Crippen LogP contribution in [0, 0.1) is 11.7 Å². The van der Waals surface area contributed by atoms with E-state index in [9.17, 15) is 17.6 Å². The summed E-state index contributed by atoms with van der Waals surface area (Å²) < 4.78 is 45.2. The molecule has 1 aliphatic rings. The largest absolute Gasteiger partial charge is 0.464 e. The number of hydrogen-bond donors (Lipinski definition) is 1. The number of carbonyl (C=O) groups excluding carboxylic acids is 1. The lowest BCUT2D eigenvalue weighted by molar-refractivity contribution is -0.146. The average Bonchev–Trinajstić information content (AvgIpc) is 2.53. The molecule has 1 N–H and O–H groups in total. The van der Waals surface area contributed by atoms with Gasteiger partial charge in [-0.2, -0.15) is 4.72 Å². The Morgan fingerprint density at radius 2 is 1.96 bits per heavy atom. The number of nitrogens with one attached hydrogen (secondary N) is 1. The highest BCUT2D eigenvalue weighted by molar-refractivity contribution is 7.89. The molecule has 5 nitrogen and oxygen atoms in total. The third-order valence-corrected chi connectivity index (χ3v) is 5.57. The lowest BCUT2D eigenvalue weighted by Gasteiger charge is -2.22. The molecule has 0 radical (unpaired) electrons. The van der Waals surface area contributed by atoms with Crippen molar-refractivity contribution < 1.29 is 22.3 Å². The Hall–Kier alpha value is -1.47. The Morgan fingerprint density at radius 3 is 2.61 bits per heavy atom. The molecule has 0 heterocycles. The molecule has 0 saturated heterocycles. The van der Waals surface area contributed by atoms with Crippen LogP contribution in [-0.4, -0.2) is 27.0 Å². The van der Waals surface area contributed by atoms with Crippen molar-refractivity contribution in [2.24, 2.45) is 5.92 Å². The average molecular weight is 343 g/mol. The first-order chi connectivity index (χ1) is 10.9. The lowest BCUT2D eigenvalue weighted by atomic mass is 9.90. The zero-order valence-corrected chi connectivity index (χ0v) is 13.9. The van der Waals surface area contributed by atoms with Gasteiger partial charge in [-0.15, -0.1) is 0 Å². The molecular formula is C16H22FNO4S. The summed E-state index contributed by atoms with van der Waals surface area (Å²) in [5, 5.41) is 0.